The number of nitrogens with zero attached hydrogens (tertiary/aromatic N) is 3. The fourth-order valence-electron chi connectivity index (χ4n) is 3.54. The Hall–Kier alpha value is -1.24. The van der Waals surface area contributed by atoms with Gasteiger partial charge in [-0.1, -0.05) is 20.3 Å². The Bertz CT molecular complexity index is 513. The number of nitrogens with one attached hydrogen (secondary N) is 1. The van der Waals surface area contributed by atoms with Gasteiger partial charge in [-0.25, -0.2) is 0 Å². The molecule has 1 saturated heterocycles. The highest BCUT2D eigenvalue weighted by molar-refractivity contribution is 5.40. The van der Waals surface area contributed by atoms with E-state index in [1.165, 1.54) is 6.42 Å². The van der Waals surface area contributed by atoms with Gasteiger partial charge >= 0.3 is 6.18 Å². The third-order valence-electron chi connectivity index (χ3n) is 4.86. The molecule has 7 heteroatoms. The molecule has 4 nitrogen and oxygen atoms in total. The Kier molecular flexibility index (Phi) is 7.16. The number of hydrogen-bond donors (Lipinski definition) is 1. The predicted octanol–water partition coefficient (Wildman–Crippen LogP) is 4.31. The summed E-state index contributed by atoms with van der Waals surface area (Å²) in [6.07, 6.45) is -1.23. The number of hydrogen-bond acceptors (Lipinski definition) is 3. The summed E-state index contributed by atoms with van der Waals surface area (Å²) in [7, 11) is 0. The summed E-state index contributed by atoms with van der Waals surface area (Å²) < 4.78 is 40.2. The highest BCUT2D eigenvalue weighted by Crippen LogP contribution is 2.41. The molecule has 0 spiro atoms. The van der Waals surface area contributed by atoms with E-state index < -0.39 is 12.1 Å². The van der Waals surface area contributed by atoms with Crippen LogP contribution in [0.4, 0.5) is 19.0 Å². The topological polar surface area (TPSA) is 33.1 Å². The first-order chi connectivity index (χ1) is 11.9. The van der Waals surface area contributed by atoms with Crippen LogP contribution in [-0.4, -0.2) is 42.1 Å². The van der Waals surface area contributed by atoms with Crippen molar-refractivity contribution in [1.82, 2.24) is 15.1 Å². The number of piperazine rings is 1. The summed E-state index contributed by atoms with van der Waals surface area (Å²) in [5, 5.41) is 7.98. The van der Waals surface area contributed by atoms with Crippen LogP contribution in [0.1, 0.15) is 57.7 Å². The molecule has 2 aliphatic rings. The first-order valence-corrected chi connectivity index (χ1v) is 9.45. The van der Waals surface area contributed by atoms with E-state index in [4.69, 9.17) is 0 Å². The number of aromatic nitrogens is 2. The molecule has 1 aliphatic carbocycles. The monoisotopic (exact) mass is 360 g/mol. The summed E-state index contributed by atoms with van der Waals surface area (Å²) >= 11 is 0. The minimum Gasteiger partial charge on any atom is -0.353 e. The Morgan fingerprint density at radius 3 is 2.20 bits per heavy atom. The van der Waals surface area contributed by atoms with E-state index in [9.17, 15) is 13.2 Å². The van der Waals surface area contributed by atoms with Crippen molar-refractivity contribution < 1.29 is 13.2 Å². The second kappa shape index (κ2) is 8.92. The molecule has 0 bridgehead atoms. The molecule has 1 aromatic rings. The second-order valence-corrected chi connectivity index (χ2v) is 7.08. The van der Waals surface area contributed by atoms with Gasteiger partial charge in [-0.3, -0.25) is 4.68 Å². The van der Waals surface area contributed by atoms with Crippen LogP contribution < -0.4 is 10.2 Å². The van der Waals surface area contributed by atoms with E-state index in [1.807, 2.05) is 11.6 Å². The van der Waals surface area contributed by atoms with Gasteiger partial charge in [0.05, 0.1) is 12.0 Å². The number of halogens is 3. The van der Waals surface area contributed by atoms with E-state index in [-0.39, 0.29) is 18.9 Å². The first kappa shape index (κ1) is 20.1. The molecule has 0 aromatic carbocycles. The maximum atomic E-state index is 12.8. The number of rotatable bonds is 2. The zero-order valence-corrected chi connectivity index (χ0v) is 15.6. The van der Waals surface area contributed by atoms with Crippen LogP contribution in [0.2, 0.25) is 0 Å². The van der Waals surface area contributed by atoms with Crippen molar-refractivity contribution in [1.29, 1.82) is 0 Å². The quantitative estimate of drug-likeness (QED) is 0.853. The van der Waals surface area contributed by atoms with E-state index >= 15 is 0 Å². The zero-order valence-electron chi connectivity index (χ0n) is 15.6. The zero-order chi connectivity index (χ0) is 18.4. The van der Waals surface area contributed by atoms with Gasteiger partial charge in [-0.2, -0.15) is 18.3 Å². The molecular weight excluding hydrogens is 329 g/mol. The Morgan fingerprint density at radius 1 is 1.12 bits per heavy atom. The van der Waals surface area contributed by atoms with E-state index in [1.54, 1.807) is 0 Å². The SMILES string of the molecule is CCC.Cc1cc(N2CCNCC2)nn1C1CCC(C(F)(F)F)CC1. The van der Waals surface area contributed by atoms with Crippen LogP contribution in [0, 0.1) is 12.8 Å². The molecule has 1 saturated carbocycles. The first-order valence-electron chi connectivity index (χ1n) is 9.45. The average Bonchev–Trinajstić information content (AvgIpc) is 2.98. The van der Waals surface area contributed by atoms with Crippen molar-refractivity contribution in [3.63, 3.8) is 0 Å². The molecule has 2 heterocycles. The number of alkyl halides is 3. The van der Waals surface area contributed by atoms with Crippen molar-refractivity contribution >= 4 is 5.82 Å². The summed E-state index contributed by atoms with van der Waals surface area (Å²) in [5.41, 5.74) is 1.05. The fraction of sp³-hybridized carbons (Fsp3) is 0.833. The molecule has 0 atom stereocenters. The van der Waals surface area contributed by atoms with Crippen LogP contribution in [-0.2, 0) is 0 Å². The summed E-state index contributed by atoms with van der Waals surface area (Å²) in [6, 6.07) is 2.16. The van der Waals surface area contributed by atoms with Gasteiger partial charge in [-0.15, -0.1) is 0 Å². The predicted molar refractivity (Wildman–Crippen MR) is 95.1 cm³/mol. The Morgan fingerprint density at radius 2 is 1.68 bits per heavy atom. The molecule has 0 radical (unpaired) electrons. The normalized spacial score (nSPS) is 24.6. The van der Waals surface area contributed by atoms with Crippen LogP contribution in [0.3, 0.4) is 0 Å². The minimum absolute atomic E-state index is 0.107. The second-order valence-electron chi connectivity index (χ2n) is 7.08. The lowest BCUT2D eigenvalue weighted by molar-refractivity contribution is -0.183. The number of aryl methyl sites for hydroxylation is 1. The molecular formula is C18H31F3N4. The van der Waals surface area contributed by atoms with E-state index in [2.05, 4.69) is 35.2 Å². The molecule has 25 heavy (non-hydrogen) atoms. The van der Waals surface area contributed by atoms with E-state index in [0.29, 0.717) is 12.8 Å². The van der Waals surface area contributed by atoms with Crippen LogP contribution in [0.15, 0.2) is 6.07 Å². The van der Waals surface area contributed by atoms with Gasteiger partial charge < -0.3 is 10.2 Å². The van der Waals surface area contributed by atoms with Gasteiger partial charge in [-0.05, 0) is 32.6 Å². The molecule has 0 unspecified atom stereocenters. The summed E-state index contributed by atoms with van der Waals surface area (Å²) in [6.45, 7) is 9.99. The minimum atomic E-state index is -4.05. The van der Waals surface area contributed by atoms with Gasteiger partial charge in [0.25, 0.3) is 0 Å². The highest BCUT2D eigenvalue weighted by atomic mass is 19.4. The largest absolute Gasteiger partial charge is 0.391 e. The molecule has 1 N–H and O–H groups in total. The molecule has 1 aliphatic heterocycles. The Labute approximate surface area is 148 Å². The lowest BCUT2D eigenvalue weighted by atomic mass is 9.85. The third-order valence-corrected chi connectivity index (χ3v) is 4.86. The van der Waals surface area contributed by atoms with Gasteiger partial charge in [0.2, 0.25) is 0 Å². The van der Waals surface area contributed by atoms with Crippen molar-refractivity contribution in [3.8, 4) is 0 Å². The van der Waals surface area contributed by atoms with Gasteiger partial charge in [0, 0.05) is 37.9 Å². The highest BCUT2D eigenvalue weighted by Gasteiger charge is 2.41. The van der Waals surface area contributed by atoms with Crippen LogP contribution in [0.5, 0.6) is 0 Å². The molecule has 3 rings (SSSR count). The summed E-state index contributed by atoms with van der Waals surface area (Å²) in [4.78, 5) is 2.24. The third kappa shape index (κ3) is 5.36. The lowest BCUT2D eigenvalue weighted by Gasteiger charge is -2.31. The summed E-state index contributed by atoms with van der Waals surface area (Å²) in [5.74, 6) is -0.177. The Balaban J connectivity index is 0.000000701. The standard InChI is InChI=1S/C15H23F3N4.C3H8/c1-11-10-14(21-8-6-19-7-9-21)20-22(11)13-4-2-12(3-5-13)15(16,17)18;1-3-2/h10,12-13,19H,2-9H2,1H3;3H2,1-2H3. The smallest absolute Gasteiger partial charge is 0.353 e. The fourth-order valence-corrected chi connectivity index (χ4v) is 3.54. The number of anilines is 1. The lowest BCUT2D eigenvalue weighted by Crippen LogP contribution is -2.43. The van der Waals surface area contributed by atoms with Crippen LogP contribution in [0.25, 0.3) is 0 Å². The van der Waals surface area contributed by atoms with Crippen LogP contribution >= 0.6 is 0 Å². The van der Waals surface area contributed by atoms with Crippen molar-refractivity contribution in [2.24, 2.45) is 5.92 Å². The molecule has 2 fully saturated rings. The van der Waals surface area contributed by atoms with Gasteiger partial charge in [0.15, 0.2) is 5.82 Å². The van der Waals surface area contributed by atoms with E-state index in [0.717, 1.165) is 37.7 Å². The van der Waals surface area contributed by atoms with Crippen molar-refractivity contribution in [3.05, 3.63) is 11.8 Å². The average molecular weight is 360 g/mol. The molecule has 0 amide bonds. The molecule has 144 valence electrons. The maximum Gasteiger partial charge on any atom is 0.391 e. The van der Waals surface area contributed by atoms with Crippen molar-refractivity contribution in [2.75, 3.05) is 31.1 Å². The molecule has 1 aromatic heterocycles. The van der Waals surface area contributed by atoms with Gasteiger partial charge in [0.1, 0.15) is 0 Å². The maximum absolute atomic E-state index is 12.8. The van der Waals surface area contributed by atoms with Crippen molar-refractivity contribution in [2.45, 2.75) is 65.1 Å².